The normalized spacial score (nSPS) is 22.1. The van der Waals surface area contributed by atoms with E-state index in [1.54, 1.807) is 42.5 Å². The Morgan fingerprint density at radius 3 is 1.68 bits per heavy atom. The van der Waals surface area contributed by atoms with Crippen LogP contribution in [0.1, 0.15) is 50.0 Å². The van der Waals surface area contributed by atoms with Gasteiger partial charge in [0, 0.05) is 21.9 Å². The molecule has 198 valence electrons. The second-order valence-corrected chi connectivity index (χ2v) is 11.6. The minimum absolute atomic E-state index is 0.119. The van der Waals surface area contributed by atoms with Crippen LogP contribution in [0, 0.1) is 11.8 Å². The number of amides is 3. The molecular formula is C32H21Cl3N2O3. The van der Waals surface area contributed by atoms with Crippen molar-refractivity contribution in [3.05, 3.63) is 139 Å². The van der Waals surface area contributed by atoms with Crippen LogP contribution >= 0.6 is 34.8 Å². The Morgan fingerprint density at radius 1 is 0.675 bits per heavy atom. The summed E-state index contributed by atoms with van der Waals surface area (Å²) in [6.45, 7) is -0.119. The van der Waals surface area contributed by atoms with E-state index in [-0.39, 0.29) is 29.0 Å². The second kappa shape index (κ2) is 9.48. The first-order valence-corrected chi connectivity index (χ1v) is 14.1. The maximum Gasteiger partial charge on any atom is 0.274 e. The van der Waals surface area contributed by atoms with Crippen molar-refractivity contribution in [1.29, 1.82) is 0 Å². The van der Waals surface area contributed by atoms with Gasteiger partial charge in [0.2, 0.25) is 0 Å². The van der Waals surface area contributed by atoms with Crippen molar-refractivity contribution in [1.82, 2.24) is 10.0 Å². The Balaban J connectivity index is 1.37. The zero-order chi connectivity index (χ0) is 27.7. The zero-order valence-electron chi connectivity index (χ0n) is 20.9. The van der Waals surface area contributed by atoms with E-state index in [1.165, 1.54) is 5.01 Å². The Bertz CT molecular complexity index is 1620. The van der Waals surface area contributed by atoms with E-state index in [2.05, 4.69) is 0 Å². The smallest absolute Gasteiger partial charge is 0.272 e. The maximum absolute atomic E-state index is 14.4. The van der Waals surface area contributed by atoms with Gasteiger partial charge in [-0.15, -0.1) is 0 Å². The average molecular weight is 588 g/mol. The third-order valence-corrected chi connectivity index (χ3v) is 9.26. The fourth-order valence-corrected chi connectivity index (χ4v) is 7.40. The van der Waals surface area contributed by atoms with Crippen molar-refractivity contribution in [2.45, 2.75) is 18.4 Å². The lowest BCUT2D eigenvalue weighted by molar-refractivity contribution is -0.155. The van der Waals surface area contributed by atoms with E-state index in [9.17, 15) is 14.4 Å². The molecule has 3 amide bonds. The van der Waals surface area contributed by atoms with E-state index in [4.69, 9.17) is 34.8 Å². The molecule has 3 aliphatic carbocycles. The van der Waals surface area contributed by atoms with Crippen LogP contribution in [0.4, 0.5) is 0 Å². The summed E-state index contributed by atoms with van der Waals surface area (Å²) in [5.41, 5.74) is 4.94. The summed E-state index contributed by atoms with van der Waals surface area (Å²) < 4.78 is 0. The highest BCUT2D eigenvalue weighted by Gasteiger charge is 2.63. The van der Waals surface area contributed by atoms with E-state index in [1.807, 2.05) is 48.5 Å². The minimum Gasteiger partial charge on any atom is -0.272 e. The summed E-state index contributed by atoms with van der Waals surface area (Å²) in [6.07, 6.45) is 0. The Morgan fingerprint density at radius 2 is 1.18 bits per heavy atom. The number of halogens is 3. The monoisotopic (exact) mass is 586 g/mol. The number of nitrogens with zero attached hydrogens (tertiary/aromatic N) is 2. The van der Waals surface area contributed by atoms with Crippen LogP contribution in [0.2, 0.25) is 15.1 Å². The second-order valence-electron chi connectivity index (χ2n) is 10.3. The average Bonchev–Trinajstić information content (AvgIpc) is 3.22. The molecule has 8 heteroatoms. The fourth-order valence-electron chi connectivity index (χ4n) is 6.72. The molecule has 0 saturated carbocycles. The molecule has 4 aliphatic rings. The van der Waals surface area contributed by atoms with Gasteiger partial charge < -0.3 is 0 Å². The van der Waals surface area contributed by atoms with Crippen LogP contribution in [-0.2, 0) is 16.1 Å². The van der Waals surface area contributed by atoms with Gasteiger partial charge in [0.05, 0.1) is 29.0 Å². The van der Waals surface area contributed by atoms with E-state index >= 15 is 0 Å². The number of carbonyl (C=O) groups excluding carboxylic acids is 3. The van der Waals surface area contributed by atoms with Gasteiger partial charge in [0.1, 0.15) is 0 Å². The molecule has 0 N–H and O–H groups in total. The van der Waals surface area contributed by atoms with Crippen molar-refractivity contribution in [2.24, 2.45) is 11.8 Å². The Hall–Kier alpha value is -3.64. The standard InChI is InChI=1S/C32H21Cl3N2O3/c33-18-14-13-17(25(35)15-18)16-36(30(38)23-11-5-6-12-24(23)34)37-31(39)28-26-19-7-1-2-8-20(19)27(29(28)32(37)40)22-10-4-3-9-21(22)26/h1-15,26-29H,16H2/t26?,27?,28-,29-/m0/s1. The Kier molecular flexibility index (Phi) is 6.00. The number of hydrazine groups is 1. The van der Waals surface area contributed by atoms with Gasteiger partial charge in [-0.1, -0.05) is 102 Å². The SMILES string of the molecule is O=C(c1ccccc1Cl)N(Cc1ccc(Cl)cc1Cl)N1C(=O)[C@H]2C3c4ccccc4C(c4ccccc43)[C@@H]2C1=O. The molecule has 4 aromatic carbocycles. The first kappa shape index (κ1) is 25.3. The number of imide groups is 1. The summed E-state index contributed by atoms with van der Waals surface area (Å²) in [7, 11) is 0. The highest BCUT2D eigenvalue weighted by Crippen LogP contribution is 2.61. The van der Waals surface area contributed by atoms with Gasteiger partial charge >= 0.3 is 0 Å². The number of benzene rings is 4. The van der Waals surface area contributed by atoms with Crippen LogP contribution in [0.3, 0.4) is 0 Å². The maximum atomic E-state index is 14.4. The van der Waals surface area contributed by atoms with Crippen LogP contribution in [0.15, 0.2) is 91.0 Å². The van der Waals surface area contributed by atoms with Crippen molar-refractivity contribution in [3.8, 4) is 0 Å². The molecule has 1 saturated heterocycles. The first-order chi connectivity index (χ1) is 19.4. The van der Waals surface area contributed by atoms with E-state index < -0.39 is 29.6 Å². The molecule has 0 radical (unpaired) electrons. The zero-order valence-corrected chi connectivity index (χ0v) is 23.2. The van der Waals surface area contributed by atoms with Crippen molar-refractivity contribution >= 4 is 52.5 Å². The highest BCUT2D eigenvalue weighted by molar-refractivity contribution is 6.35. The highest BCUT2D eigenvalue weighted by atomic mass is 35.5. The molecule has 2 bridgehead atoms. The molecule has 2 atom stereocenters. The molecule has 5 nitrogen and oxygen atoms in total. The molecule has 1 fully saturated rings. The number of hydrogen-bond acceptors (Lipinski definition) is 3. The summed E-state index contributed by atoms with van der Waals surface area (Å²) in [4.78, 5) is 42.8. The largest absolute Gasteiger partial charge is 0.274 e. The number of hydrogen-bond donors (Lipinski definition) is 0. The van der Waals surface area contributed by atoms with Crippen molar-refractivity contribution in [2.75, 3.05) is 0 Å². The number of rotatable bonds is 4. The topological polar surface area (TPSA) is 57.7 Å². The molecule has 4 aromatic rings. The van der Waals surface area contributed by atoms with Gasteiger partial charge in [0.25, 0.3) is 17.7 Å². The lowest BCUT2D eigenvalue weighted by atomic mass is 9.55. The summed E-state index contributed by atoms with van der Waals surface area (Å²) in [5, 5.41) is 3.21. The molecule has 0 aromatic heterocycles. The molecule has 40 heavy (non-hydrogen) atoms. The first-order valence-electron chi connectivity index (χ1n) is 12.9. The van der Waals surface area contributed by atoms with Crippen LogP contribution in [-0.4, -0.2) is 27.7 Å². The third kappa shape index (κ3) is 3.65. The molecule has 0 unspecified atom stereocenters. The molecule has 1 heterocycles. The minimum atomic E-state index is -0.635. The number of carbonyl (C=O) groups is 3. The van der Waals surface area contributed by atoms with Crippen LogP contribution in [0.5, 0.6) is 0 Å². The predicted octanol–water partition coefficient (Wildman–Crippen LogP) is 7.10. The van der Waals surface area contributed by atoms with Crippen molar-refractivity contribution < 1.29 is 14.4 Å². The summed E-state index contributed by atoms with van der Waals surface area (Å²) >= 11 is 19.0. The van der Waals surface area contributed by atoms with Gasteiger partial charge in [-0.05, 0) is 52.1 Å². The van der Waals surface area contributed by atoms with Gasteiger partial charge in [-0.25, -0.2) is 5.01 Å². The summed E-state index contributed by atoms with van der Waals surface area (Å²) in [5.74, 6) is -3.23. The molecule has 8 rings (SSSR count). The quantitative estimate of drug-likeness (QED) is 0.239. The van der Waals surface area contributed by atoms with E-state index in [0.717, 1.165) is 27.3 Å². The Labute approximate surface area is 245 Å². The molecule has 0 spiro atoms. The third-order valence-electron chi connectivity index (χ3n) is 8.34. The van der Waals surface area contributed by atoms with Gasteiger partial charge in [0.15, 0.2) is 0 Å². The summed E-state index contributed by atoms with van der Waals surface area (Å²) in [6, 6.07) is 27.5. The van der Waals surface area contributed by atoms with Crippen molar-refractivity contribution in [3.63, 3.8) is 0 Å². The van der Waals surface area contributed by atoms with Crippen LogP contribution < -0.4 is 0 Å². The van der Waals surface area contributed by atoms with Gasteiger partial charge in [-0.2, -0.15) is 5.01 Å². The lowest BCUT2D eigenvalue weighted by Gasteiger charge is -2.45. The molecule has 1 aliphatic heterocycles. The predicted molar refractivity (Wildman–Crippen MR) is 153 cm³/mol. The fraction of sp³-hybridized carbons (Fsp3) is 0.156. The van der Waals surface area contributed by atoms with Crippen LogP contribution in [0.25, 0.3) is 0 Å². The lowest BCUT2D eigenvalue weighted by Crippen LogP contribution is -2.50. The van der Waals surface area contributed by atoms with Gasteiger partial charge in [-0.3, -0.25) is 14.4 Å². The molecular weight excluding hydrogens is 567 g/mol. The van der Waals surface area contributed by atoms with E-state index in [0.29, 0.717) is 15.6 Å².